The van der Waals surface area contributed by atoms with Crippen molar-refractivity contribution in [2.45, 2.75) is 106 Å². The fourth-order valence-corrected chi connectivity index (χ4v) is 5.92. The molecule has 0 aliphatic carbocycles. The van der Waals surface area contributed by atoms with Gasteiger partial charge in [0.1, 0.15) is 29.9 Å². The number of thioether (sulfide) groups is 1. The molecule has 1 aromatic heterocycles. The number of carbonyl (C=O) groups is 4. The lowest BCUT2D eigenvalue weighted by atomic mass is 10.1. The highest BCUT2D eigenvalue weighted by Crippen LogP contribution is 2.32. The van der Waals surface area contributed by atoms with Gasteiger partial charge in [-0.15, -0.1) is 11.8 Å². The second kappa shape index (κ2) is 16.9. The van der Waals surface area contributed by atoms with Crippen LogP contribution in [0.15, 0.2) is 29.3 Å². The summed E-state index contributed by atoms with van der Waals surface area (Å²) in [7, 11) is -1.49. The molecule has 11 nitrogen and oxygen atoms in total. The first-order valence-electron chi connectivity index (χ1n) is 15.0. The number of carbonyl (C=O) groups excluding carboxylic acids is 4. The summed E-state index contributed by atoms with van der Waals surface area (Å²) in [6.07, 6.45) is -1.61. The van der Waals surface area contributed by atoms with Gasteiger partial charge in [-0.1, -0.05) is 72.6 Å². The summed E-state index contributed by atoms with van der Waals surface area (Å²) >= 11 is 18.7. The first-order chi connectivity index (χ1) is 21.4. The zero-order chi connectivity index (χ0) is 35.8. The summed E-state index contributed by atoms with van der Waals surface area (Å²) in [4.78, 5) is 55.2. The number of fused-ring (bicyclic) bond motifs is 1. The molecule has 0 radical (unpaired) electrons. The third-order valence-corrected chi connectivity index (χ3v) is 9.17. The number of halogens is 3. The molecule has 264 valence electrons. The average molecular weight is 755 g/mol. The maximum atomic E-state index is 13.3. The predicted octanol–water partition coefficient (Wildman–Crippen LogP) is 7.38. The number of amides is 2. The van der Waals surface area contributed by atoms with Crippen LogP contribution in [-0.2, 0) is 35.0 Å². The number of nitrogens with one attached hydrogen (secondary N) is 3. The van der Waals surface area contributed by atoms with E-state index in [1.54, 1.807) is 41.5 Å². The molecule has 3 N–H and O–H groups in total. The summed E-state index contributed by atoms with van der Waals surface area (Å²) < 4.78 is 19.7. The SMILES string of the molecule is CC(C)(C)OC(=O)NC(CSc1[nH]c2ccccc2c1CC(NC(=O)OCC[Si](C)(C)C)C(=O)OCC(Cl)(Cl)Cl)C(=O)OC(C)(C)C. The van der Waals surface area contributed by atoms with E-state index in [4.69, 9.17) is 53.8 Å². The molecule has 47 heavy (non-hydrogen) atoms. The lowest BCUT2D eigenvalue weighted by Crippen LogP contribution is -2.47. The summed E-state index contributed by atoms with van der Waals surface area (Å²) in [6, 6.07) is 5.80. The number of alkyl halides is 3. The molecule has 1 heterocycles. The fourth-order valence-electron chi connectivity index (χ4n) is 3.94. The molecule has 0 saturated carbocycles. The van der Waals surface area contributed by atoms with Crippen molar-refractivity contribution in [2.75, 3.05) is 19.0 Å². The fraction of sp³-hybridized carbons (Fsp3) is 0.613. The van der Waals surface area contributed by atoms with Gasteiger partial charge in [0.2, 0.25) is 3.79 Å². The zero-order valence-corrected chi connectivity index (χ0v) is 32.4. The van der Waals surface area contributed by atoms with Crippen LogP contribution in [0.3, 0.4) is 0 Å². The number of H-pyrrole nitrogens is 1. The molecule has 2 rings (SSSR count). The minimum atomic E-state index is -1.86. The molecule has 0 aliphatic rings. The van der Waals surface area contributed by atoms with E-state index in [1.165, 1.54) is 11.8 Å². The molecule has 1 aromatic carbocycles. The van der Waals surface area contributed by atoms with Gasteiger partial charge in [0.05, 0.1) is 11.6 Å². The molecular formula is C31H46Cl3N3O8SSi. The van der Waals surface area contributed by atoms with E-state index < -0.39 is 65.9 Å². The number of ether oxygens (including phenoxy) is 4. The molecule has 0 spiro atoms. The van der Waals surface area contributed by atoms with Crippen molar-refractivity contribution >= 4 is 89.7 Å². The maximum Gasteiger partial charge on any atom is 0.408 e. The summed E-state index contributed by atoms with van der Waals surface area (Å²) in [6.45, 7) is 16.4. The number of para-hydroxylation sites is 1. The minimum absolute atomic E-state index is 0.0369. The maximum absolute atomic E-state index is 13.3. The first kappa shape index (κ1) is 40.9. The number of alkyl carbamates (subject to hydrolysis) is 2. The van der Waals surface area contributed by atoms with Crippen LogP contribution in [0.5, 0.6) is 0 Å². The van der Waals surface area contributed by atoms with Crippen molar-refractivity contribution in [1.29, 1.82) is 0 Å². The van der Waals surface area contributed by atoms with Crippen molar-refractivity contribution in [3.63, 3.8) is 0 Å². The summed E-state index contributed by atoms with van der Waals surface area (Å²) in [5.41, 5.74) is -0.214. The van der Waals surface area contributed by atoms with Gasteiger partial charge in [-0.3, -0.25) is 0 Å². The minimum Gasteiger partial charge on any atom is -0.460 e. The van der Waals surface area contributed by atoms with E-state index in [2.05, 4.69) is 35.3 Å². The Hall–Kier alpha value is -2.32. The van der Waals surface area contributed by atoms with E-state index in [9.17, 15) is 19.2 Å². The highest BCUT2D eigenvalue weighted by Gasteiger charge is 2.32. The van der Waals surface area contributed by atoms with Crippen LogP contribution in [-0.4, -0.2) is 83.2 Å². The number of benzene rings is 1. The van der Waals surface area contributed by atoms with Crippen LogP contribution in [0, 0.1) is 0 Å². The molecule has 16 heteroatoms. The first-order valence-corrected chi connectivity index (χ1v) is 20.9. The van der Waals surface area contributed by atoms with E-state index in [-0.39, 0.29) is 18.8 Å². The van der Waals surface area contributed by atoms with E-state index in [0.717, 1.165) is 16.9 Å². The third-order valence-electron chi connectivity index (χ3n) is 6.00. The van der Waals surface area contributed by atoms with Crippen LogP contribution in [0.1, 0.15) is 47.1 Å². The quantitative estimate of drug-likeness (QED) is 0.0627. The highest BCUT2D eigenvalue weighted by molar-refractivity contribution is 7.99. The van der Waals surface area contributed by atoms with Crippen LogP contribution >= 0.6 is 46.6 Å². The molecule has 2 amide bonds. The lowest BCUT2D eigenvalue weighted by Gasteiger charge is -2.26. The number of hydrogen-bond donors (Lipinski definition) is 3. The molecule has 0 aliphatic heterocycles. The van der Waals surface area contributed by atoms with Gasteiger partial charge >= 0.3 is 24.1 Å². The second-order valence-corrected chi connectivity index (χ2v) is 23.3. The monoisotopic (exact) mass is 753 g/mol. The molecule has 0 bridgehead atoms. The molecule has 2 unspecified atom stereocenters. The van der Waals surface area contributed by atoms with Crippen LogP contribution in [0.4, 0.5) is 9.59 Å². The molecule has 0 fully saturated rings. The Morgan fingerprint density at radius 1 is 0.851 bits per heavy atom. The van der Waals surface area contributed by atoms with Gasteiger partial charge in [0.15, 0.2) is 0 Å². The Kier molecular flexibility index (Phi) is 14.7. The van der Waals surface area contributed by atoms with E-state index >= 15 is 0 Å². The number of esters is 2. The van der Waals surface area contributed by atoms with Gasteiger partial charge in [0, 0.05) is 31.2 Å². The van der Waals surface area contributed by atoms with Crippen molar-refractivity contribution in [2.24, 2.45) is 0 Å². The number of hydrogen-bond acceptors (Lipinski definition) is 9. The standard InChI is InChI=1S/C31H46Cl3N3O8SSi/c1-29(2,3)44-26(39)23(37-28(41)45-30(4,5)6)17-46-24-20(19-12-10-11-13-21(19)35-24)16-22(25(38)43-18-31(32,33)34)36-27(40)42-14-15-47(7,8)9/h10-13,22-23,35H,14-18H2,1-9H3,(H,36,40)(H,37,41). The third kappa shape index (κ3) is 16.1. The Balaban J connectivity index is 2.40. The molecule has 2 aromatic rings. The molecular weight excluding hydrogens is 709 g/mol. The van der Waals surface area contributed by atoms with Crippen LogP contribution < -0.4 is 10.6 Å². The van der Waals surface area contributed by atoms with E-state index in [0.29, 0.717) is 10.6 Å². The van der Waals surface area contributed by atoms with Crippen molar-refractivity contribution in [1.82, 2.24) is 15.6 Å². The Bertz CT molecular complexity index is 1400. The van der Waals surface area contributed by atoms with Crippen LogP contribution in [0.25, 0.3) is 10.9 Å². The van der Waals surface area contributed by atoms with Crippen LogP contribution in [0.2, 0.25) is 25.7 Å². The normalized spacial score (nSPS) is 13.8. The summed E-state index contributed by atoms with van der Waals surface area (Å²) in [5, 5.41) is 6.56. The van der Waals surface area contributed by atoms with Gasteiger partial charge < -0.3 is 34.6 Å². The largest absolute Gasteiger partial charge is 0.460 e. The lowest BCUT2D eigenvalue weighted by molar-refractivity contribution is -0.156. The molecule has 0 saturated heterocycles. The number of aromatic nitrogens is 1. The van der Waals surface area contributed by atoms with Crippen molar-refractivity contribution in [3.05, 3.63) is 29.8 Å². The second-order valence-electron chi connectivity index (χ2n) is 14.1. The van der Waals surface area contributed by atoms with Gasteiger partial charge in [-0.25, -0.2) is 19.2 Å². The Labute approximate surface area is 296 Å². The number of rotatable bonds is 13. The predicted molar refractivity (Wildman–Crippen MR) is 189 cm³/mol. The topological polar surface area (TPSA) is 145 Å². The smallest absolute Gasteiger partial charge is 0.408 e. The summed E-state index contributed by atoms with van der Waals surface area (Å²) in [5.74, 6) is -1.44. The van der Waals surface area contributed by atoms with Gasteiger partial charge in [-0.05, 0) is 59.2 Å². The van der Waals surface area contributed by atoms with Crippen molar-refractivity contribution in [3.8, 4) is 0 Å². The number of aromatic amines is 1. The van der Waals surface area contributed by atoms with Gasteiger partial charge in [-0.2, -0.15) is 0 Å². The highest BCUT2D eigenvalue weighted by atomic mass is 35.6. The Morgan fingerprint density at radius 3 is 2.02 bits per heavy atom. The molecule has 2 atom stereocenters. The van der Waals surface area contributed by atoms with Crippen molar-refractivity contribution < 1.29 is 38.1 Å². The van der Waals surface area contributed by atoms with E-state index in [1.807, 2.05) is 24.3 Å². The van der Waals surface area contributed by atoms with Gasteiger partial charge in [0.25, 0.3) is 0 Å². The Morgan fingerprint density at radius 2 is 1.45 bits per heavy atom. The zero-order valence-electron chi connectivity index (χ0n) is 28.3. The average Bonchev–Trinajstić information content (AvgIpc) is 3.23.